The Morgan fingerprint density at radius 1 is 1.69 bits per heavy atom. The standard InChI is InChI=1S/C10H17N3/c1-13-4-2-3-9(7-13)5-10-6-11-8-12-10/h6,8-9H,2-5,7H2,1H3,(H,11,12). The van der Waals surface area contributed by atoms with Crippen molar-refractivity contribution in [2.75, 3.05) is 20.1 Å². The summed E-state index contributed by atoms with van der Waals surface area (Å²) in [5, 5.41) is 0. The summed E-state index contributed by atoms with van der Waals surface area (Å²) >= 11 is 0. The van der Waals surface area contributed by atoms with E-state index in [2.05, 4.69) is 21.9 Å². The van der Waals surface area contributed by atoms with Crippen molar-refractivity contribution in [3.8, 4) is 0 Å². The number of hydrogen-bond acceptors (Lipinski definition) is 2. The summed E-state index contributed by atoms with van der Waals surface area (Å²) in [5.74, 6) is 0.819. The quantitative estimate of drug-likeness (QED) is 0.742. The van der Waals surface area contributed by atoms with Crippen LogP contribution in [0.2, 0.25) is 0 Å². The van der Waals surface area contributed by atoms with E-state index in [9.17, 15) is 0 Å². The molecule has 1 aromatic rings. The Kier molecular flexibility index (Phi) is 2.64. The largest absolute Gasteiger partial charge is 0.348 e. The molecule has 13 heavy (non-hydrogen) atoms. The fraction of sp³-hybridized carbons (Fsp3) is 0.700. The Bertz CT molecular complexity index is 243. The third kappa shape index (κ3) is 2.31. The lowest BCUT2D eigenvalue weighted by atomic mass is 9.94. The van der Waals surface area contributed by atoms with Crippen molar-refractivity contribution in [3.63, 3.8) is 0 Å². The third-order valence-electron chi connectivity index (χ3n) is 2.79. The van der Waals surface area contributed by atoms with Crippen molar-refractivity contribution in [1.29, 1.82) is 0 Å². The molecule has 0 aliphatic carbocycles. The average molecular weight is 179 g/mol. The van der Waals surface area contributed by atoms with Crippen LogP contribution in [-0.4, -0.2) is 35.0 Å². The normalized spacial score (nSPS) is 24.8. The fourth-order valence-electron chi connectivity index (χ4n) is 2.15. The van der Waals surface area contributed by atoms with Crippen molar-refractivity contribution < 1.29 is 0 Å². The molecule has 0 saturated carbocycles. The number of nitrogens with zero attached hydrogens (tertiary/aromatic N) is 2. The predicted molar refractivity (Wildman–Crippen MR) is 52.5 cm³/mol. The minimum absolute atomic E-state index is 0.819. The first kappa shape index (κ1) is 8.75. The van der Waals surface area contributed by atoms with E-state index < -0.39 is 0 Å². The van der Waals surface area contributed by atoms with Crippen LogP contribution in [0.4, 0.5) is 0 Å². The van der Waals surface area contributed by atoms with E-state index >= 15 is 0 Å². The molecule has 1 aliphatic heterocycles. The van der Waals surface area contributed by atoms with Gasteiger partial charge in [-0.25, -0.2) is 4.98 Å². The lowest BCUT2D eigenvalue weighted by molar-refractivity contribution is 0.208. The molecule has 72 valence electrons. The number of nitrogens with one attached hydrogen (secondary N) is 1. The smallest absolute Gasteiger partial charge is 0.0921 e. The Morgan fingerprint density at radius 3 is 3.31 bits per heavy atom. The van der Waals surface area contributed by atoms with Crippen molar-refractivity contribution in [2.45, 2.75) is 19.3 Å². The molecule has 3 nitrogen and oxygen atoms in total. The van der Waals surface area contributed by atoms with Crippen molar-refractivity contribution >= 4 is 0 Å². The number of H-pyrrole nitrogens is 1. The van der Waals surface area contributed by atoms with Crippen LogP contribution < -0.4 is 0 Å². The second-order valence-corrected chi connectivity index (χ2v) is 4.05. The molecule has 1 aliphatic rings. The minimum Gasteiger partial charge on any atom is -0.348 e. The van der Waals surface area contributed by atoms with Gasteiger partial charge in [-0.15, -0.1) is 0 Å². The molecular formula is C10H17N3. The van der Waals surface area contributed by atoms with Gasteiger partial charge in [0.25, 0.3) is 0 Å². The molecule has 2 rings (SSSR count). The fourth-order valence-corrected chi connectivity index (χ4v) is 2.15. The third-order valence-corrected chi connectivity index (χ3v) is 2.79. The molecule has 1 N–H and O–H groups in total. The van der Waals surface area contributed by atoms with Crippen LogP contribution in [0.3, 0.4) is 0 Å². The number of aromatic amines is 1. The average Bonchev–Trinajstić information content (AvgIpc) is 2.57. The lowest BCUT2D eigenvalue weighted by Crippen LogP contribution is -2.33. The van der Waals surface area contributed by atoms with E-state index in [4.69, 9.17) is 0 Å². The maximum Gasteiger partial charge on any atom is 0.0921 e. The summed E-state index contributed by atoms with van der Waals surface area (Å²) in [5.41, 5.74) is 1.28. The van der Waals surface area contributed by atoms with Gasteiger partial charge in [0.1, 0.15) is 0 Å². The molecule has 0 bridgehead atoms. The maximum absolute atomic E-state index is 4.04. The first-order valence-corrected chi connectivity index (χ1v) is 5.00. The van der Waals surface area contributed by atoms with Crippen LogP contribution >= 0.6 is 0 Å². The van der Waals surface area contributed by atoms with Crippen LogP contribution in [0.1, 0.15) is 18.5 Å². The van der Waals surface area contributed by atoms with Crippen molar-refractivity contribution in [2.24, 2.45) is 5.92 Å². The second-order valence-electron chi connectivity index (χ2n) is 4.05. The van der Waals surface area contributed by atoms with E-state index in [0.29, 0.717) is 0 Å². The maximum atomic E-state index is 4.04. The number of likely N-dealkylation sites (tertiary alicyclic amines) is 1. The highest BCUT2D eigenvalue weighted by atomic mass is 15.1. The van der Waals surface area contributed by atoms with Gasteiger partial charge in [-0.1, -0.05) is 0 Å². The summed E-state index contributed by atoms with van der Waals surface area (Å²) in [6.45, 7) is 2.50. The summed E-state index contributed by atoms with van der Waals surface area (Å²) in [6.07, 6.45) is 7.57. The van der Waals surface area contributed by atoms with E-state index in [0.717, 1.165) is 12.3 Å². The van der Waals surface area contributed by atoms with Crippen LogP contribution in [0, 0.1) is 5.92 Å². The molecule has 1 aromatic heterocycles. The molecule has 0 spiro atoms. The highest BCUT2D eigenvalue weighted by Crippen LogP contribution is 2.18. The Hall–Kier alpha value is -0.830. The zero-order chi connectivity index (χ0) is 9.10. The first-order chi connectivity index (χ1) is 6.34. The molecule has 1 unspecified atom stereocenters. The van der Waals surface area contributed by atoms with E-state index in [1.54, 1.807) is 6.33 Å². The number of hydrogen-bond donors (Lipinski definition) is 1. The zero-order valence-electron chi connectivity index (χ0n) is 8.16. The van der Waals surface area contributed by atoms with Gasteiger partial charge in [0.2, 0.25) is 0 Å². The number of piperidine rings is 1. The monoisotopic (exact) mass is 179 g/mol. The first-order valence-electron chi connectivity index (χ1n) is 5.00. The van der Waals surface area contributed by atoms with Gasteiger partial charge in [-0.05, 0) is 38.8 Å². The molecular weight excluding hydrogens is 162 g/mol. The Labute approximate surface area is 79.2 Å². The van der Waals surface area contributed by atoms with Crippen molar-refractivity contribution in [3.05, 3.63) is 18.2 Å². The highest BCUT2D eigenvalue weighted by Gasteiger charge is 2.17. The number of rotatable bonds is 2. The molecule has 0 amide bonds. The molecule has 1 saturated heterocycles. The van der Waals surface area contributed by atoms with E-state index in [1.807, 2.05) is 6.20 Å². The molecule has 1 fully saturated rings. The van der Waals surface area contributed by atoms with Gasteiger partial charge in [0.05, 0.1) is 6.33 Å². The van der Waals surface area contributed by atoms with Gasteiger partial charge < -0.3 is 9.88 Å². The van der Waals surface area contributed by atoms with Gasteiger partial charge in [0, 0.05) is 18.4 Å². The molecule has 3 heteroatoms. The Balaban J connectivity index is 1.87. The summed E-state index contributed by atoms with van der Waals surface area (Å²) in [7, 11) is 2.21. The van der Waals surface area contributed by atoms with E-state index in [1.165, 1.54) is 31.6 Å². The van der Waals surface area contributed by atoms with Gasteiger partial charge in [-0.2, -0.15) is 0 Å². The van der Waals surface area contributed by atoms with Crippen LogP contribution in [-0.2, 0) is 6.42 Å². The molecule has 0 aromatic carbocycles. The van der Waals surface area contributed by atoms with Crippen molar-refractivity contribution in [1.82, 2.24) is 14.9 Å². The van der Waals surface area contributed by atoms with E-state index in [-0.39, 0.29) is 0 Å². The van der Waals surface area contributed by atoms with Crippen LogP contribution in [0.5, 0.6) is 0 Å². The van der Waals surface area contributed by atoms with Gasteiger partial charge in [-0.3, -0.25) is 0 Å². The lowest BCUT2D eigenvalue weighted by Gasteiger charge is -2.29. The second kappa shape index (κ2) is 3.92. The summed E-state index contributed by atoms with van der Waals surface area (Å²) in [4.78, 5) is 9.63. The predicted octanol–water partition coefficient (Wildman–Crippen LogP) is 1.29. The summed E-state index contributed by atoms with van der Waals surface area (Å²) in [6, 6.07) is 0. The SMILES string of the molecule is CN1CCCC(Cc2cnc[nH]2)C1. The Morgan fingerprint density at radius 2 is 2.62 bits per heavy atom. The molecule has 0 radical (unpaired) electrons. The van der Waals surface area contributed by atoms with Gasteiger partial charge in [0.15, 0.2) is 0 Å². The van der Waals surface area contributed by atoms with Crippen LogP contribution in [0.25, 0.3) is 0 Å². The van der Waals surface area contributed by atoms with Gasteiger partial charge >= 0.3 is 0 Å². The summed E-state index contributed by atoms with van der Waals surface area (Å²) < 4.78 is 0. The zero-order valence-corrected chi connectivity index (χ0v) is 8.16. The molecule has 1 atom stereocenters. The number of aromatic nitrogens is 2. The topological polar surface area (TPSA) is 31.9 Å². The number of imidazole rings is 1. The highest BCUT2D eigenvalue weighted by molar-refractivity contribution is 4.96. The molecule has 2 heterocycles. The minimum atomic E-state index is 0.819. The van der Waals surface area contributed by atoms with Crippen LogP contribution in [0.15, 0.2) is 12.5 Å².